The number of hydrogen-bond acceptors (Lipinski definition) is 4. The van der Waals surface area contributed by atoms with Crippen molar-refractivity contribution < 1.29 is 12.8 Å². The molecule has 0 saturated heterocycles. The Balaban J connectivity index is 1.99. The molecule has 3 nitrogen and oxygen atoms in total. The molecular formula is C16H13ClFNO2S3. The first-order valence-electron chi connectivity index (χ1n) is 6.97. The van der Waals surface area contributed by atoms with Crippen molar-refractivity contribution in [2.24, 2.45) is 0 Å². The van der Waals surface area contributed by atoms with Crippen molar-refractivity contribution in [3.05, 3.63) is 73.8 Å². The van der Waals surface area contributed by atoms with E-state index in [-0.39, 0.29) is 23.0 Å². The number of nitrogens with zero attached hydrogens (tertiary/aromatic N) is 1. The van der Waals surface area contributed by atoms with Gasteiger partial charge in [0.1, 0.15) is 10.7 Å². The van der Waals surface area contributed by atoms with Gasteiger partial charge >= 0.3 is 0 Å². The zero-order chi connectivity index (χ0) is 17.2. The van der Waals surface area contributed by atoms with Crippen LogP contribution >= 0.6 is 34.3 Å². The molecule has 1 aromatic carbocycles. The normalized spacial score (nSPS) is 12.0. The summed E-state index contributed by atoms with van der Waals surface area (Å²) in [7, 11) is -3.85. The molecular weight excluding hydrogens is 389 g/mol. The first kappa shape index (κ1) is 17.6. The molecule has 126 valence electrons. The molecule has 0 aliphatic rings. The molecule has 2 aromatic heterocycles. The lowest BCUT2D eigenvalue weighted by atomic mass is 10.3. The second-order valence-electron chi connectivity index (χ2n) is 5.01. The van der Waals surface area contributed by atoms with Gasteiger partial charge < -0.3 is 0 Å². The lowest BCUT2D eigenvalue weighted by Crippen LogP contribution is -2.30. The van der Waals surface area contributed by atoms with Gasteiger partial charge in [-0.2, -0.15) is 4.31 Å². The predicted molar refractivity (Wildman–Crippen MR) is 96.5 cm³/mol. The van der Waals surface area contributed by atoms with Gasteiger partial charge in [-0.15, -0.1) is 22.7 Å². The van der Waals surface area contributed by atoms with Gasteiger partial charge in [-0.3, -0.25) is 0 Å². The zero-order valence-corrected chi connectivity index (χ0v) is 15.6. The summed E-state index contributed by atoms with van der Waals surface area (Å²) in [5.41, 5.74) is 0. The molecule has 2 heterocycles. The minimum absolute atomic E-state index is 0.0846. The molecule has 0 saturated carbocycles. The standard InChI is InChI=1S/C16H13ClFNO2S3/c17-15-9-12(18)5-6-16(15)24(20,21)19(10-13-3-1-7-22-13)11-14-4-2-8-23-14/h1-9H,10-11H2. The highest BCUT2D eigenvalue weighted by Gasteiger charge is 2.28. The summed E-state index contributed by atoms with van der Waals surface area (Å²) in [6.45, 7) is 0.483. The predicted octanol–water partition coefficient (Wildman–Crippen LogP) is 4.99. The Labute approximate surface area is 153 Å². The van der Waals surface area contributed by atoms with E-state index in [1.165, 1.54) is 33.0 Å². The lowest BCUT2D eigenvalue weighted by Gasteiger charge is -2.21. The van der Waals surface area contributed by atoms with E-state index in [0.717, 1.165) is 21.9 Å². The van der Waals surface area contributed by atoms with Gasteiger partial charge in [0.25, 0.3) is 0 Å². The highest BCUT2D eigenvalue weighted by Crippen LogP contribution is 2.29. The molecule has 3 rings (SSSR count). The van der Waals surface area contributed by atoms with E-state index in [9.17, 15) is 12.8 Å². The maximum Gasteiger partial charge on any atom is 0.245 e. The van der Waals surface area contributed by atoms with Crippen molar-refractivity contribution >= 4 is 44.3 Å². The van der Waals surface area contributed by atoms with E-state index >= 15 is 0 Å². The van der Waals surface area contributed by atoms with E-state index in [2.05, 4.69) is 0 Å². The first-order valence-corrected chi connectivity index (χ1v) is 10.5. The van der Waals surface area contributed by atoms with Crippen molar-refractivity contribution in [3.63, 3.8) is 0 Å². The van der Waals surface area contributed by atoms with Crippen LogP contribution in [0.5, 0.6) is 0 Å². The average Bonchev–Trinajstić information content (AvgIpc) is 3.19. The van der Waals surface area contributed by atoms with Gasteiger partial charge in [-0.25, -0.2) is 12.8 Å². The molecule has 0 amide bonds. The Morgan fingerprint density at radius 1 is 1.00 bits per heavy atom. The van der Waals surface area contributed by atoms with E-state index in [4.69, 9.17) is 11.6 Å². The quantitative estimate of drug-likeness (QED) is 0.583. The Morgan fingerprint density at radius 3 is 2.04 bits per heavy atom. The van der Waals surface area contributed by atoms with Gasteiger partial charge in [0, 0.05) is 22.8 Å². The third-order valence-electron chi connectivity index (χ3n) is 3.34. The van der Waals surface area contributed by atoms with Gasteiger partial charge in [-0.05, 0) is 41.1 Å². The molecule has 0 N–H and O–H groups in total. The van der Waals surface area contributed by atoms with Gasteiger partial charge in [-0.1, -0.05) is 23.7 Å². The highest BCUT2D eigenvalue weighted by atomic mass is 35.5. The third kappa shape index (κ3) is 3.87. The average molecular weight is 402 g/mol. The Morgan fingerprint density at radius 2 is 1.58 bits per heavy atom. The van der Waals surface area contributed by atoms with Crippen LogP contribution in [0.25, 0.3) is 0 Å². The van der Waals surface area contributed by atoms with Crippen molar-refractivity contribution in [1.29, 1.82) is 0 Å². The van der Waals surface area contributed by atoms with Crippen LogP contribution in [-0.2, 0) is 23.1 Å². The Bertz CT molecular complexity index is 873. The van der Waals surface area contributed by atoms with Crippen LogP contribution in [0.4, 0.5) is 4.39 Å². The summed E-state index contributed by atoms with van der Waals surface area (Å²) in [6, 6.07) is 10.8. The van der Waals surface area contributed by atoms with Crippen LogP contribution in [0.1, 0.15) is 9.75 Å². The topological polar surface area (TPSA) is 37.4 Å². The smallest absolute Gasteiger partial charge is 0.207 e. The van der Waals surface area contributed by atoms with E-state index in [0.29, 0.717) is 0 Å². The molecule has 0 fully saturated rings. The van der Waals surface area contributed by atoms with Gasteiger partial charge in [0.15, 0.2) is 0 Å². The SMILES string of the molecule is O=S(=O)(c1ccc(F)cc1Cl)N(Cc1cccs1)Cc1cccs1. The number of thiophene rings is 2. The molecule has 0 radical (unpaired) electrons. The van der Waals surface area contributed by atoms with Crippen LogP contribution in [0.2, 0.25) is 5.02 Å². The minimum Gasteiger partial charge on any atom is -0.207 e. The second-order valence-corrected chi connectivity index (χ2v) is 9.38. The zero-order valence-electron chi connectivity index (χ0n) is 12.4. The molecule has 0 bridgehead atoms. The molecule has 24 heavy (non-hydrogen) atoms. The summed E-state index contributed by atoms with van der Waals surface area (Å²) >= 11 is 8.95. The third-order valence-corrected chi connectivity index (χ3v) is 7.33. The van der Waals surface area contributed by atoms with E-state index in [1.54, 1.807) is 0 Å². The maximum absolute atomic E-state index is 13.3. The van der Waals surface area contributed by atoms with Crippen LogP contribution < -0.4 is 0 Å². The van der Waals surface area contributed by atoms with Crippen LogP contribution in [-0.4, -0.2) is 12.7 Å². The number of hydrogen-bond donors (Lipinski definition) is 0. The van der Waals surface area contributed by atoms with Crippen LogP contribution in [0.3, 0.4) is 0 Å². The molecule has 0 aliphatic carbocycles. The lowest BCUT2D eigenvalue weighted by molar-refractivity contribution is 0.407. The number of benzene rings is 1. The summed E-state index contributed by atoms with van der Waals surface area (Å²) in [6.07, 6.45) is 0. The fraction of sp³-hybridized carbons (Fsp3) is 0.125. The highest BCUT2D eigenvalue weighted by molar-refractivity contribution is 7.89. The van der Waals surface area contributed by atoms with Crippen LogP contribution in [0.15, 0.2) is 58.1 Å². The number of rotatable bonds is 6. The molecule has 0 aliphatic heterocycles. The summed E-state index contributed by atoms with van der Waals surface area (Å²) in [4.78, 5) is 1.76. The number of halogens is 2. The Hall–Kier alpha value is -1.25. The monoisotopic (exact) mass is 401 g/mol. The minimum atomic E-state index is -3.85. The van der Waals surface area contributed by atoms with Crippen molar-refractivity contribution in [3.8, 4) is 0 Å². The fourth-order valence-electron chi connectivity index (χ4n) is 2.20. The largest absolute Gasteiger partial charge is 0.245 e. The van der Waals surface area contributed by atoms with Gasteiger partial charge in [0.05, 0.1) is 5.02 Å². The first-order chi connectivity index (χ1) is 11.5. The van der Waals surface area contributed by atoms with E-state index in [1.807, 2.05) is 35.0 Å². The summed E-state index contributed by atoms with van der Waals surface area (Å²) in [5.74, 6) is -0.568. The molecule has 0 spiro atoms. The fourth-order valence-corrected chi connectivity index (χ4v) is 5.71. The Kier molecular flexibility index (Phi) is 5.36. The van der Waals surface area contributed by atoms with Crippen LogP contribution in [0, 0.1) is 5.82 Å². The summed E-state index contributed by atoms with van der Waals surface area (Å²) in [5, 5.41) is 3.68. The van der Waals surface area contributed by atoms with Gasteiger partial charge in [0.2, 0.25) is 10.0 Å². The second kappa shape index (κ2) is 7.33. The maximum atomic E-state index is 13.3. The molecule has 8 heteroatoms. The molecule has 0 unspecified atom stereocenters. The van der Waals surface area contributed by atoms with E-state index < -0.39 is 15.8 Å². The van der Waals surface area contributed by atoms with Crippen molar-refractivity contribution in [2.75, 3.05) is 0 Å². The van der Waals surface area contributed by atoms with Crippen molar-refractivity contribution in [2.45, 2.75) is 18.0 Å². The summed E-state index contributed by atoms with van der Waals surface area (Å²) < 4.78 is 40.7. The van der Waals surface area contributed by atoms with Crippen molar-refractivity contribution in [1.82, 2.24) is 4.31 Å². The number of sulfonamides is 1. The molecule has 3 aromatic rings. The molecule has 0 atom stereocenters.